The molecule has 1 heterocycles. The number of nitrogens with one attached hydrogen (secondary N) is 1. The maximum Gasteiger partial charge on any atom is 0.366 e. The summed E-state index contributed by atoms with van der Waals surface area (Å²) < 4.78 is 27.0. The van der Waals surface area contributed by atoms with E-state index in [0.717, 1.165) is 26.9 Å². The summed E-state index contributed by atoms with van der Waals surface area (Å²) in [5.41, 5.74) is 2.77. The summed E-state index contributed by atoms with van der Waals surface area (Å²) >= 11 is 3.52. The lowest BCUT2D eigenvalue weighted by molar-refractivity contribution is 0.241. The second-order valence-corrected chi connectivity index (χ2v) is 8.62. The minimum Gasteiger partial charge on any atom is -0.490 e. The van der Waals surface area contributed by atoms with Crippen molar-refractivity contribution >= 4 is 24.2 Å². The molecule has 0 spiro atoms. The Morgan fingerprint density at radius 3 is 2.61 bits per heavy atom. The number of nitrogens with zero attached hydrogens (tertiary/aromatic N) is 2. The molecule has 165 valence electrons. The normalized spacial score (nSPS) is 11.7. The number of hydrogen-bond acceptors (Lipinski definition) is 7. The fourth-order valence-corrected chi connectivity index (χ4v) is 3.54. The molecule has 0 bridgehead atoms. The van der Waals surface area contributed by atoms with E-state index in [2.05, 4.69) is 35.9 Å². The van der Waals surface area contributed by atoms with E-state index in [1.165, 1.54) is 0 Å². The third-order valence-corrected chi connectivity index (χ3v) is 5.23. The van der Waals surface area contributed by atoms with Crippen molar-refractivity contribution in [1.29, 1.82) is 0 Å². The van der Waals surface area contributed by atoms with Crippen molar-refractivity contribution in [1.82, 2.24) is 15.5 Å². The SMILES string of the molecule is CC(C)Oc1ccc(-c2nc(-c3ccc(CNCCCO[P](=O)O)cc3)no2)cc1Br. The molecule has 0 fully saturated rings. The van der Waals surface area contributed by atoms with Crippen molar-refractivity contribution in [3.8, 4) is 28.6 Å². The zero-order chi connectivity index (χ0) is 22.2. The van der Waals surface area contributed by atoms with E-state index >= 15 is 0 Å². The molecule has 1 unspecified atom stereocenters. The van der Waals surface area contributed by atoms with Gasteiger partial charge in [-0.25, -0.2) is 4.57 Å². The fraction of sp³-hybridized carbons (Fsp3) is 0.333. The van der Waals surface area contributed by atoms with Crippen LogP contribution in [0.4, 0.5) is 0 Å². The number of halogens is 1. The molecule has 8 nitrogen and oxygen atoms in total. The van der Waals surface area contributed by atoms with Gasteiger partial charge in [-0.2, -0.15) is 4.98 Å². The minimum absolute atomic E-state index is 0.0860. The van der Waals surface area contributed by atoms with Crippen LogP contribution in [-0.4, -0.2) is 34.3 Å². The standard InChI is InChI=1S/C21H24BrN3O5P/c1-14(2)29-19-9-8-17(12-18(19)22)21-24-20(25-30-21)16-6-4-15(5-7-16)13-23-10-3-11-28-31(26)27/h4-9,12,14,23H,3,10-11,13H2,1-2H3,(H,26,27). The summed E-state index contributed by atoms with van der Waals surface area (Å²) in [5, 5.41) is 7.36. The molecular weight excluding hydrogens is 485 g/mol. The molecule has 0 aliphatic rings. The Balaban J connectivity index is 1.57. The topological polar surface area (TPSA) is 107 Å². The molecule has 3 aromatic rings. The largest absolute Gasteiger partial charge is 0.490 e. The first-order chi connectivity index (χ1) is 14.9. The van der Waals surface area contributed by atoms with Gasteiger partial charge < -0.3 is 14.6 Å². The summed E-state index contributed by atoms with van der Waals surface area (Å²) in [7, 11) is -2.52. The van der Waals surface area contributed by atoms with Gasteiger partial charge in [0.2, 0.25) is 5.82 Å². The highest BCUT2D eigenvalue weighted by Gasteiger charge is 2.13. The van der Waals surface area contributed by atoms with Gasteiger partial charge in [-0.3, -0.25) is 9.42 Å². The van der Waals surface area contributed by atoms with Crippen LogP contribution in [0.25, 0.3) is 22.8 Å². The van der Waals surface area contributed by atoms with Crippen molar-refractivity contribution < 1.29 is 23.2 Å². The first-order valence-corrected chi connectivity index (χ1v) is 11.7. The molecule has 1 radical (unpaired) electrons. The van der Waals surface area contributed by atoms with E-state index in [1.54, 1.807) is 0 Å². The van der Waals surface area contributed by atoms with Crippen LogP contribution in [0.2, 0.25) is 0 Å². The van der Waals surface area contributed by atoms with Crippen LogP contribution >= 0.6 is 24.2 Å². The number of aromatic nitrogens is 2. The summed E-state index contributed by atoms with van der Waals surface area (Å²) in [4.78, 5) is 13.1. The molecule has 10 heteroatoms. The number of rotatable bonds is 11. The van der Waals surface area contributed by atoms with E-state index in [4.69, 9.17) is 14.2 Å². The Morgan fingerprint density at radius 1 is 1.19 bits per heavy atom. The lowest BCUT2D eigenvalue weighted by atomic mass is 10.1. The predicted octanol–water partition coefficient (Wildman–Crippen LogP) is 5.10. The number of hydrogen-bond donors (Lipinski definition) is 2. The number of ether oxygens (including phenoxy) is 1. The van der Waals surface area contributed by atoms with Gasteiger partial charge in [-0.15, -0.1) is 0 Å². The smallest absolute Gasteiger partial charge is 0.366 e. The van der Waals surface area contributed by atoms with Crippen molar-refractivity contribution in [3.05, 3.63) is 52.5 Å². The summed E-state index contributed by atoms with van der Waals surface area (Å²) in [5.74, 6) is 1.71. The van der Waals surface area contributed by atoms with Gasteiger partial charge in [0.25, 0.3) is 5.89 Å². The van der Waals surface area contributed by atoms with E-state index in [0.29, 0.717) is 31.2 Å². The van der Waals surface area contributed by atoms with Gasteiger partial charge in [0.1, 0.15) is 5.75 Å². The highest BCUT2D eigenvalue weighted by Crippen LogP contribution is 2.31. The van der Waals surface area contributed by atoms with Crippen molar-refractivity contribution in [2.75, 3.05) is 13.2 Å². The van der Waals surface area contributed by atoms with Gasteiger partial charge in [-0.1, -0.05) is 29.4 Å². The predicted molar refractivity (Wildman–Crippen MR) is 121 cm³/mol. The van der Waals surface area contributed by atoms with Crippen LogP contribution in [0, 0.1) is 0 Å². The lowest BCUT2D eigenvalue weighted by Gasteiger charge is -2.11. The molecule has 0 aliphatic heterocycles. The highest BCUT2D eigenvalue weighted by molar-refractivity contribution is 9.10. The monoisotopic (exact) mass is 508 g/mol. The van der Waals surface area contributed by atoms with Crippen LogP contribution in [0.5, 0.6) is 5.75 Å². The van der Waals surface area contributed by atoms with Crippen molar-refractivity contribution in [2.45, 2.75) is 32.9 Å². The zero-order valence-corrected chi connectivity index (χ0v) is 19.7. The van der Waals surface area contributed by atoms with E-state index in [1.807, 2.05) is 56.3 Å². The Hall–Kier alpha value is -2.16. The second kappa shape index (κ2) is 11.5. The van der Waals surface area contributed by atoms with Crippen LogP contribution in [-0.2, 0) is 15.6 Å². The van der Waals surface area contributed by atoms with Gasteiger partial charge in [-0.05, 0) is 66.5 Å². The zero-order valence-electron chi connectivity index (χ0n) is 17.2. The maximum absolute atomic E-state index is 10.4. The van der Waals surface area contributed by atoms with Crippen molar-refractivity contribution in [2.24, 2.45) is 0 Å². The number of benzene rings is 2. The third kappa shape index (κ3) is 7.19. The molecule has 3 rings (SSSR count). The summed E-state index contributed by atoms with van der Waals surface area (Å²) in [6.45, 7) is 5.58. The maximum atomic E-state index is 10.4. The van der Waals surface area contributed by atoms with Crippen LogP contribution in [0.15, 0.2) is 51.5 Å². The Morgan fingerprint density at radius 2 is 1.94 bits per heavy atom. The van der Waals surface area contributed by atoms with Crippen LogP contribution in [0.3, 0.4) is 0 Å². The van der Waals surface area contributed by atoms with Gasteiger partial charge in [0.05, 0.1) is 17.2 Å². The molecule has 0 amide bonds. The molecule has 31 heavy (non-hydrogen) atoms. The molecule has 2 aromatic carbocycles. The molecular formula is C21H24BrN3O5P. The molecule has 1 atom stereocenters. The Bertz CT molecular complexity index is 1010. The van der Waals surface area contributed by atoms with Gasteiger partial charge >= 0.3 is 8.25 Å². The molecule has 2 N–H and O–H groups in total. The molecule has 0 saturated carbocycles. The van der Waals surface area contributed by atoms with Gasteiger partial charge in [0, 0.05) is 17.7 Å². The van der Waals surface area contributed by atoms with Crippen molar-refractivity contribution in [3.63, 3.8) is 0 Å². The Kier molecular flexibility index (Phi) is 8.69. The Labute approximate surface area is 190 Å². The summed E-state index contributed by atoms with van der Waals surface area (Å²) in [6.07, 6.45) is 0.745. The molecule has 0 saturated heterocycles. The van der Waals surface area contributed by atoms with E-state index in [9.17, 15) is 4.57 Å². The molecule has 0 aliphatic carbocycles. The highest BCUT2D eigenvalue weighted by atomic mass is 79.9. The van der Waals surface area contributed by atoms with E-state index < -0.39 is 8.25 Å². The third-order valence-electron chi connectivity index (χ3n) is 4.21. The lowest BCUT2D eigenvalue weighted by Crippen LogP contribution is -2.15. The van der Waals surface area contributed by atoms with Crippen LogP contribution < -0.4 is 10.1 Å². The quantitative estimate of drug-likeness (QED) is 0.272. The first-order valence-electron chi connectivity index (χ1n) is 9.81. The average Bonchev–Trinajstić information content (AvgIpc) is 3.22. The second-order valence-electron chi connectivity index (χ2n) is 7.03. The van der Waals surface area contributed by atoms with E-state index in [-0.39, 0.29) is 12.7 Å². The fourth-order valence-electron chi connectivity index (χ4n) is 2.79. The minimum atomic E-state index is -2.52. The first kappa shape index (κ1) is 23.5. The average molecular weight is 509 g/mol. The van der Waals surface area contributed by atoms with Crippen LogP contribution in [0.1, 0.15) is 25.8 Å². The van der Waals surface area contributed by atoms with Gasteiger partial charge in [0.15, 0.2) is 0 Å². The summed E-state index contributed by atoms with van der Waals surface area (Å²) in [6, 6.07) is 13.5. The molecule has 1 aromatic heterocycles.